The largest absolute Gasteiger partial charge is 0.504 e. The average Bonchev–Trinajstić information content (AvgIpc) is 2.48. The highest BCUT2D eigenvalue weighted by atomic mass is 35.5. The standard InChI is InChI=1S/C14H11ClF3NO4S/c15-11-3-1-8(5-10(11)14(16,17)18)7-19-24(22,23)9-2-4-12(20)13(21)6-9/h1-6,19-21H,7H2. The SMILES string of the molecule is O=S(=O)(NCc1ccc(Cl)c(C(F)(F)F)c1)c1ccc(O)c(O)c1. The molecule has 0 fully saturated rings. The summed E-state index contributed by atoms with van der Waals surface area (Å²) in [6, 6.07) is 5.88. The Morgan fingerprint density at radius 1 is 1.04 bits per heavy atom. The van der Waals surface area contributed by atoms with Gasteiger partial charge in [-0.1, -0.05) is 17.7 Å². The van der Waals surface area contributed by atoms with Crippen molar-refractivity contribution < 1.29 is 31.8 Å². The lowest BCUT2D eigenvalue weighted by atomic mass is 10.1. The molecule has 0 radical (unpaired) electrons. The summed E-state index contributed by atoms with van der Waals surface area (Å²) in [6.45, 7) is -0.412. The van der Waals surface area contributed by atoms with Crippen LogP contribution in [0.15, 0.2) is 41.3 Å². The molecule has 0 spiro atoms. The van der Waals surface area contributed by atoms with E-state index in [9.17, 15) is 26.7 Å². The van der Waals surface area contributed by atoms with E-state index in [0.717, 1.165) is 30.3 Å². The van der Waals surface area contributed by atoms with Crippen molar-refractivity contribution in [3.8, 4) is 11.5 Å². The van der Waals surface area contributed by atoms with Crippen LogP contribution in [0.25, 0.3) is 0 Å². The third-order valence-electron chi connectivity index (χ3n) is 3.06. The molecule has 0 aliphatic heterocycles. The molecule has 2 rings (SSSR count). The summed E-state index contributed by atoms with van der Waals surface area (Å²) in [5.41, 5.74) is -1.01. The van der Waals surface area contributed by atoms with Gasteiger partial charge in [-0.05, 0) is 29.8 Å². The zero-order valence-electron chi connectivity index (χ0n) is 11.8. The second-order valence-electron chi connectivity index (χ2n) is 4.79. The third kappa shape index (κ3) is 4.11. The molecular formula is C14H11ClF3NO4S. The van der Waals surface area contributed by atoms with Crippen LogP contribution in [0.4, 0.5) is 13.2 Å². The molecule has 0 heterocycles. The van der Waals surface area contributed by atoms with Crippen LogP contribution >= 0.6 is 11.6 Å². The van der Waals surface area contributed by atoms with Crippen molar-refractivity contribution in [3.05, 3.63) is 52.5 Å². The summed E-state index contributed by atoms with van der Waals surface area (Å²) in [5.74, 6) is -1.13. The molecule has 130 valence electrons. The summed E-state index contributed by atoms with van der Waals surface area (Å²) in [5, 5.41) is 18.0. The van der Waals surface area contributed by atoms with Gasteiger partial charge in [0.25, 0.3) is 0 Å². The molecule has 0 amide bonds. The number of hydrogen-bond acceptors (Lipinski definition) is 4. The number of benzene rings is 2. The number of rotatable bonds is 4. The lowest BCUT2D eigenvalue weighted by Gasteiger charge is -2.12. The van der Waals surface area contributed by atoms with Crippen LogP contribution in [0.3, 0.4) is 0 Å². The van der Waals surface area contributed by atoms with E-state index in [-0.39, 0.29) is 10.5 Å². The van der Waals surface area contributed by atoms with Gasteiger partial charge in [-0.15, -0.1) is 0 Å². The van der Waals surface area contributed by atoms with Crippen LogP contribution in [-0.2, 0) is 22.7 Å². The molecule has 0 saturated carbocycles. The van der Waals surface area contributed by atoms with Crippen molar-refractivity contribution in [3.63, 3.8) is 0 Å². The average molecular weight is 382 g/mol. The quantitative estimate of drug-likeness (QED) is 0.709. The highest BCUT2D eigenvalue weighted by Crippen LogP contribution is 2.35. The smallest absolute Gasteiger partial charge is 0.417 e. The van der Waals surface area contributed by atoms with Crippen molar-refractivity contribution in [2.75, 3.05) is 0 Å². The van der Waals surface area contributed by atoms with Crippen molar-refractivity contribution in [2.24, 2.45) is 0 Å². The molecule has 3 N–H and O–H groups in total. The minimum absolute atomic E-state index is 0.0540. The maximum Gasteiger partial charge on any atom is 0.417 e. The molecule has 2 aromatic carbocycles. The summed E-state index contributed by atoms with van der Waals surface area (Å²) in [6.07, 6.45) is -4.66. The van der Waals surface area contributed by atoms with Gasteiger partial charge in [0.1, 0.15) is 0 Å². The van der Waals surface area contributed by atoms with Crippen LogP contribution in [0.2, 0.25) is 5.02 Å². The molecule has 0 atom stereocenters. The number of phenolic OH excluding ortho intramolecular Hbond substituents is 2. The second-order valence-corrected chi connectivity index (χ2v) is 6.96. The van der Waals surface area contributed by atoms with Crippen LogP contribution in [-0.4, -0.2) is 18.6 Å². The van der Waals surface area contributed by atoms with Crippen LogP contribution < -0.4 is 4.72 Å². The Balaban J connectivity index is 2.22. The van der Waals surface area contributed by atoms with Crippen LogP contribution in [0.5, 0.6) is 11.5 Å². The normalized spacial score (nSPS) is 12.3. The van der Waals surface area contributed by atoms with Gasteiger partial charge in [0, 0.05) is 12.6 Å². The van der Waals surface area contributed by atoms with Crippen molar-refractivity contribution in [1.29, 1.82) is 0 Å². The first-order valence-corrected chi connectivity index (χ1v) is 8.24. The predicted octanol–water partition coefficient (Wildman–Crippen LogP) is 3.25. The van der Waals surface area contributed by atoms with E-state index < -0.39 is 44.8 Å². The van der Waals surface area contributed by atoms with E-state index in [1.165, 1.54) is 6.07 Å². The van der Waals surface area contributed by atoms with Crippen LogP contribution in [0.1, 0.15) is 11.1 Å². The monoisotopic (exact) mass is 381 g/mol. The Kier molecular flexibility index (Phi) is 4.97. The number of nitrogens with one attached hydrogen (secondary N) is 1. The summed E-state index contributed by atoms with van der Waals surface area (Å²) in [7, 11) is -4.09. The van der Waals surface area contributed by atoms with Crippen molar-refractivity contribution in [1.82, 2.24) is 4.72 Å². The minimum atomic E-state index is -4.66. The third-order valence-corrected chi connectivity index (χ3v) is 4.79. The maximum absolute atomic E-state index is 12.8. The molecule has 24 heavy (non-hydrogen) atoms. The summed E-state index contributed by atoms with van der Waals surface area (Å²) >= 11 is 5.49. The van der Waals surface area contributed by atoms with E-state index in [2.05, 4.69) is 4.72 Å². The Morgan fingerprint density at radius 3 is 2.29 bits per heavy atom. The molecular weight excluding hydrogens is 371 g/mol. The number of halogens is 4. The number of aromatic hydroxyl groups is 2. The van der Waals surface area contributed by atoms with Gasteiger partial charge in [0.2, 0.25) is 10.0 Å². The Bertz CT molecular complexity index is 869. The maximum atomic E-state index is 12.8. The van der Waals surface area contributed by atoms with E-state index in [1.54, 1.807) is 0 Å². The van der Waals surface area contributed by atoms with Gasteiger partial charge < -0.3 is 10.2 Å². The Hall–Kier alpha value is -1.97. The molecule has 0 bridgehead atoms. The highest BCUT2D eigenvalue weighted by molar-refractivity contribution is 7.89. The van der Waals surface area contributed by atoms with E-state index >= 15 is 0 Å². The van der Waals surface area contributed by atoms with E-state index in [0.29, 0.717) is 0 Å². The molecule has 2 aromatic rings. The summed E-state index contributed by atoms with van der Waals surface area (Å²) in [4.78, 5) is -0.345. The minimum Gasteiger partial charge on any atom is -0.504 e. The first kappa shape index (κ1) is 18.4. The fraction of sp³-hybridized carbons (Fsp3) is 0.143. The summed E-state index contributed by atoms with van der Waals surface area (Å²) < 4.78 is 64.6. The Morgan fingerprint density at radius 2 is 1.71 bits per heavy atom. The Labute approximate surface area is 140 Å². The zero-order valence-corrected chi connectivity index (χ0v) is 13.4. The van der Waals surface area contributed by atoms with Gasteiger partial charge >= 0.3 is 6.18 Å². The molecule has 0 saturated heterocycles. The molecule has 0 aliphatic rings. The molecule has 5 nitrogen and oxygen atoms in total. The first-order chi connectivity index (χ1) is 11.0. The lowest BCUT2D eigenvalue weighted by molar-refractivity contribution is -0.137. The first-order valence-electron chi connectivity index (χ1n) is 6.38. The molecule has 0 aliphatic carbocycles. The van der Waals surface area contributed by atoms with Gasteiger partial charge in [-0.25, -0.2) is 13.1 Å². The van der Waals surface area contributed by atoms with Crippen molar-refractivity contribution in [2.45, 2.75) is 17.6 Å². The number of sulfonamides is 1. The topological polar surface area (TPSA) is 86.6 Å². The fourth-order valence-corrected chi connectivity index (χ4v) is 3.09. The number of phenols is 2. The molecule has 0 unspecified atom stereocenters. The number of hydrogen-bond donors (Lipinski definition) is 3. The van der Waals surface area contributed by atoms with Gasteiger partial charge in [-0.3, -0.25) is 0 Å². The van der Waals surface area contributed by atoms with Gasteiger partial charge in [0.15, 0.2) is 11.5 Å². The van der Waals surface area contributed by atoms with E-state index in [4.69, 9.17) is 16.7 Å². The van der Waals surface area contributed by atoms with Crippen LogP contribution in [0, 0.1) is 0 Å². The van der Waals surface area contributed by atoms with Gasteiger partial charge in [0.05, 0.1) is 15.5 Å². The number of alkyl halides is 3. The van der Waals surface area contributed by atoms with Crippen molar-refractivity contribution >= 4 is 21.6 Å². The van der Waals surface area contributed by atoms with Gasteiger partial charge in [-0.2, -0.15) is 13.2 Å². The zero-order chi connectivity index (χ0) is 18.1. The lowest BCUT2D eigenvalue weighted by Crippen LogP contribution is -2.23. The predicted molar refractivity (Wildman–Crippen MR) is 80.3 cm³/mol. The molecule has 10 heteroatoms. The second kappa shape index (κ2) is 6.50. The highest BCUT2D eigenvalue weighted by Gasteiger charge is 2.33. The fourth-order valence-electron chi connectivity index (χ4n) is 1.83. The van der Waals surface area contributed by atoms with E-state index in [1.807, 2.05) is 0 Å². The molecule has 0 aromatic heterocycles.